The van der Waals surface area contributed by atoms with Crippen molar-refractivity contribution in [2.24, 2.45) is 5.92 Å². The molecule has 144 valence electrons. The predicted molar refractivity (Wildman–Crippen MR) is 106 cm³/mol. The van der Waals surface area contributed by atoms with E-state index in [-0.39, 0.29) is 18.0 Å². The smallest absolute Gasteiger partial charge is 0.315 e. The third kappa shape index (κ3) is 4.94. The molecule has 1 heterocycles. The maximum absolute atomic E-state index is 12.5. The standard InChI is InChI=1S/C22H28N2O3/c1-15(2)21(17-9-10-19-20(13-17)27-12-6-11-26-19)24-22(25)23-14-18-8-5-4-7-16(18)3/h4-5,7-10,13,15,21H,6,11-12,14H2,1-3H3,(H2,23,24,25). The first-order chi connectivity index (χ1) is 13.0. The first-order valence-corrected chi connectivity index (χ1v) is 9.53. The van der Waals surface area contributed by atoms with Crippen LogP contribution in [0.1, 0.15) is 43.0 Å². The second kappa shape index (κ2) is 8.80. The molecule has 1 aliphatic heterocycles. The van der Waals surface area contributed by atoms with Crippen LogP contribution in [0.25, 0.3) is 0 Å². The van der Waals surface area contributed by atoms with Crippen molar-refractivity contribution in [1.29, 1.82) is 0 Å². The number of fused-ring (bicyclic) bond motifs is 1. The Morgan fingerprint density at radius 1 is 1.07 bits per heavy atom. The van der Waals surface area contributed by atoms with Gasteiger partial charge in [-0.1, -0.05) is 44.2 Å². The highest BCUT2D eigenvalue weighted by Crippen LogP contribution is 2.34. The summed E-state index contributed by atoms with van der Waals surface area (Å²) in [5, 5.41) is 6.06. The Morgan fingerprint density at radius 2 is 1.81 bits per heavy atom. The van der Waals surface area contributed by atoms with Crippen molar-refractivity contribution in [2.45, 2.75) is 39.8 Å². The lowest BCUT2D eigenvalue weighted by Crippen LogP contribution is -2.39. The maximum Gasteiger partial charge on any atom is 0.315 e. The molecule has 0 spiro atoms. The number of benzene rings is 2. The highest BCUT2D eigenvalue weighted by molar-refractivity contribution is 5.74. The monoisotopic (exact) mass is 368 g/mol. The molecule has 1 unspecified atom stereocenters. The molecule has 0 radical (unpaired) electrons. The van der Waals surface area contributed by atoms with Gasteiger partial charge in [0.15, 0.2) is 11.5 Å². The molecule has 2 N–H and O–H groups in total. The van der Waals surface area contributed by atoms with Crippen LogP contribution in [0.4, 0.5) is 4.79 Å². The van der Waals surface area contributed by atoms with Gasteiger partial charge >= 0.3 is 6.03 Å². The summed E-state index contributed by atoms with van der Waals surface area (Å²) in [6.07, 6.45) is 0.872. The quantitative estimate of drug-likeness (QED) is 0.825. The third-order valence-corrected chi connectivity index (χ3v) is 4.78. The summed E-state index contributed by atoms with van der Waals surface area (Å²) < 4.78 is 11.5. The van der Waals surface area contributed by atoms with Gasteiger partial charge in [0.2, 0.25) is 0 Å². The molecule has 0 saturated heterocycles. The lowest BCUT2D eigenvalue weighted by atomic mass is 9.96. The normalized spacial score (nSPS) is 14.4. The Morgan fingerprint density at radius 3 is 2.56 bits per heavy atom. The average molecular weight is 368 g/mol. The lowest BCUT2D eigenvalue weighted by Gasteiger charge is -2.24. The minimum Gasteiger partial charge on any atom is -0.490 e. The lowest BCUT2D eigenvalue weighted by molar-refractivity contribution is 0.232. The highest BCUT2D eigenvalue weighted by atomic mass is 16.5. The minimum atomic E-state index is -0.177. The molecule has 0 saturated carbocycles. The number of amides is 2. The van der Waals surface area contributed by atoms with Crippen LogP contribution in [0, 0.1) is 12.8 Å². The predicted octanol–water partition coefficient (Wildman–Crippen LogP) is 4.35. The Bertz CT molecular complexity index is 789. The number of ether oxygens (including phenoxy) is 2. The van der Waals surface area contributed by atoms with Gasteiger partial charge in [-0.25, -0.2) is 4.79 Å². The number of urea groups is 1. The van der Waals surface area contributed by atoms with Crippen LogP contribution in [0.15, 0.2) is 42.5 Å². The Kier molecular flexibility index (Phi) is 6.22. The molecule has 2 aromatic carbocycles. The maximum atomic E-state index is 12.5. The Labute approximate surface area is 161 Å². The Hall–Kier alpha value is -2.69. The molecule has 1 aliphatic rings. The zero-order valence-corrected chi connectivity index (χ0v) is 16.2. The van der Waals surface area contributed by atoms with E-state index in [9.17, 15) is 4.79 Å². The van der Waals surface area contributed by atoms with Gasteiger partial charge in [0.25, 0.3) is 0 Å². The van der Waals surface area contributed by atoms with Crippen LogP contribution >= 0.6 is 0 Å². The van der Waals surface area contributed by atoms with E-state index in [2.05, 4.69) is 24.5 Å². The number of hydrogen-bond acceptors (Lipinski definition) is 3. The van der Waals surface area contributed by atoms with Crippen LogP contribution in [0.2, 0.25) is 0 Å². The number of aryl methyl sites for hydroxylation is 1. The fourth-order valence-electron chi connectivity index (χ4n) is 3.18. The van der Waals surface area contributed by atoms with Crippen LogP contribution < -0.4 is 20.1 Å². The summed E-state index contributed by atoms with van der Waals surface area (Å²) in [6, 6.07) is 13.7. The molecule has 0 aliphatic carbocycles. The van der Waals surface area contributed by atoms with Crippen LogP contribution in [-0.2, 0) is 6.54 Å². The van der Waals surface area contributed by atoms with Crippen molar-refractivity contribution in [2.75, 3.05) is 13.2 Å². The third-order valence-electron chi connectivity index (χ3n) is 4.78. The summed E-state index contributed by atoms with van der Waals surface area (Å²) in [4.78, 5) is 12.5. The largest absolute Gasteiger partial charge is 0.490 e. The van der Waals surface area contributed by atoms with E-state index in [4.69, 9.17) is 9.47 Å². The SMILES string of the molecule is Cc1ccccc1CNC(=O)NC(c1ccc2c(c1)OCCCO2)C(C)C. The van der Waals surface area contributed by atoms with Gasteiger partial charge in [-0.3, -0.25) is 0 Å². The summed E-state index contributed by atoms with van der Waals surface area (Å²) in [6.45, 7) is 8.05. The van der Waals surface area contributed by atoms with Crippen molar-refractivity contribution in [3.05, 3.63) is 59.2 Å². The van der Waals surface area contributed by atoms with Crippen LogP contribution in [-0.4, -0.2) is 19.2 Å². The molecule has 2 aromatic rings. The molecule has 0 bridgehead atoms. The number of nitrogens with one attached hydrogen (secondary N) is 2. The Balaban J connectivity index is 1.68. The number of rotatable bonds is 5. The van der Waals surface area contributed by atoms with E-state index in [1.54, 1.807) is 0 Å². The van der Waals surface area contributed by atoms with Crippen LogP contribution in [0.5, 0.6) is 11.5 Å². The van der Waals surface area contributed by atoms with Crippen molar-refractivity contribution in [3.8, 4) is 11.5 Å². The van der Waals surface area contributed by atoms with Gasteiger partial charge in [0.05, 0.1) is 19.3 Å². The second-order valence-electron chi connectivity index (χ2n) is 7.23. The van der Waals surface area contributed by atoms with Gasteiger partial charge in [-0.2, -0.15) is 0 Å². The van der Waals surface area contributed by atoms with E-state index in [0.29, 0.717) is 19.8 Å². The summed E-state index contributed by atoms with van der Waals surface area (Å²) in [7, 11) is 0. The first-order valence-electron chi connectivity index (χ1n) is 9.53. The van der Waals surface area contributed by atoms with E-state index in [1.807, 2.05) is 49.4 Å². The van der Waals surface area contributed by atoms with E-state index in [0.717, 1.165) is 29.0 Å². The van der Waals surface area contributed by atoms with Crippen molar-refractivity contribution >= 4 is 6.03 Å². The van der Waals surface area contributed by atoms with Crippen molar-refractivity contribution in [3.63, 3.8) is 0 Å². The van der Waals surface area contributed by atoms with Crippen LogP contribution in [0.3, 0.4) is 0 Å². The number of carbonyl (C=O) groups excluding carboxylic acids is 1. The molecule has 27 heavy (non-hydrogen) atoms. The minimum absolute atomic E-state index is 0.112. The van der Waals surface area contributed by atoms with Gasteiger partial charge in [-0.15, -0.1) is 0 Å². The fraction of sp³-hybridized carbons (Fsp3) is 0.409. The zero-order chi connectivity index (χ0) is 19.2. The summed E-state index contributed by atoms with van der Waals surface area (Å²) in [5.41, 5.74) is 3.30. The number of hydrogen-bond donors (Lipinski definition) is 2. The molecule has 5 heteroatoms. The molecule has 3 rings (SSSR count). The van der Waals surface area contributed by atoms with Gasteiger partial charge in [0.1, 0.15) is 0 Å². The fourth-order valence-corrected chi connectivity index (χ4v) is 3.18. The molecular formula is C22H28N2O3. The summed E-state index contributed by atoms with van der Waals surface area (Å²) in [5.74, 6) is 1.75. The molecule has 2 amide bonds. The average Bonchev–Trinajstić information content (AvgIpc) is 2.90. The molecule has 5 nitrogen and oxygen atoms in total. The molecule has 0 aromatic heterocycles. The van der Waals surface area contributed by atoms with Gasteiger partial charge in [-0.05, 0) is 41.7 Å². The van der Waals surface area contributed by atoms with E-state index < -0.39 is 0 Å². The van der Waals surface area contributed by atoms with Gasteiger partial charge < -0.3 is 20.1 Å². The molecule has 1 atom stereocenters. The molecular weight excluding hydrogens is 340 g/mol. The van der Waals surface area contributed by atoms with Crippen molar-refractivity contribution < 1.29 is 14.3 Å². The molecule has 0 fully saturated rings. The summed E-state index contributed by atoms with van der Waals surface area (Å²) >= 11 is 0. The zero-order valence-electron chi connectivity index (χ0n) is 16.2. The van der Waals surface area contributed by atoms with Gasteiger partial charge in [0, 0.05) is 13.0 Å². The van der Waals surface area contributed by atoms with E-state index >= 15 is 0 Å². The van der Waals surface area contributed by atoms with E-state index in [1.165, 1.54) is 5.56 Å². The van der Waals surface area contributed by atoms with Crippen molar-refractivity contribution in [1.82, 2.24) is 10.6 Å². The topological polar surface area (TPSA) is 59.6 Å². The number of carbonyl (C=O) groups is 1. The first kappa shape index (κ1) is 19.1. The highest BCUT2D eigenvalue weighted by Gasteiger charge is 2.21. The second-order valence-corrected chi connectivity index (χ2v) is 7.23.